The Bertz CT molecular complexity index is 916. The smallest absolute Gasteiger partial charge is 0.438 e. The van der Waals surface area contributed by atoms with E-state index >= 15 is 0 Å². The predicted octanol–water partition coefficient (Wildman–Crippen LogP) is 5.40. The molecule has 0 bridgehead atoms. The van der Waals surface area contributed by atoms with Gasteiger partial charge in [0.15, 0.2) is 0 Å². The molecule has 9 heteroatoms. The number of anilines is 2. The maximum Gasteiger partial charge on any atom is 0.438 e. The average molecular weight is 472 g/mol. The Kier molecular flexibility index (Phi) is 8.56. The number of aromatic nitrogens is 1. The van der Waals surface area contributed by atoms with Gasteiger partial charge in [-0.3, -0.25) is 0 Å². The largest absolute Gasteiger partial charge is 0.550 e. The number of halogens is 3. The van der Waals surface area contributed by atoms with E-state index in [1.165, 1.54) is 12.4 Å². The van der Waals surface area contributed by atoms with Gasteiger partial charge in [-0.05, 0) is 41.9 Å². The lowest BCUT2D eigenvalue weighted by atomic mass is 9.96. The molecule has 2 unspecified atom stereocenters. The summed E-state index contributed by atoms with van der Waals surface area (Å²) in [5.74, 6) is -0.670. The van der Waals surface area contributed by atoms with E-state index in [1.54, 1.807) is 6.92 Å². The highest BCUT2D eigenvalue weighted by Crippen LogP contribution is 2.40. The number of rotatable bonds is 10. The Morgan fingerprint density at radius 1 is 1.16 bits per heavy atom. The number of benzene rings is 1. The lowest BCUT2D eigenvalue weighted by Crippen LogP contribution is -2.31. The van der Waals surface area contributed by atoms with Gasteiger partial charge < -0.3 is 14.8 Å². The van der Waals surface area contributed by atoms with E-state index in [-0.39, 0.29) is 17.2 Å². The van der Waals surface area contributed by atoms with Gasteiger partial charge in [0.2, 0.25) is 10.6 Å². The second-order valence-electron chi connectivity index (χ2n) is 9.02. The first-order valence-electron chi connectivity index (χ1n) is 10.7. The zero-order valence-electron chi connectivity index (χ0n) is 19.4. The molecule has 32 heavy (non-hydrogen) atoms. The van der Waals surface area contributed by atoms with Gasteiger partial charge in [0, 0.05) is 26.0 Å². The van der Waals surface area contributed by atoms with Crippen molar-refractivity contribution in [1.29, 1.82) is 0 Å². The molecule has 0 aliphatic rings. The van der Waals surface area contributed by atoms with Crippen LogP contribution in [0, 0.1) is 18.8 Å². The van der Waals surface area contributed by atoms with Gasteiger partial charge in [0.1, 0.15) is 16.3 Å². The zero-order valence-corrected chi connectivity index (χ0v) is 20.2. The van der Waals surface area contributed by atoms with Crippen molar-refractivity contribution >= 4 is 28.0 Å². The molecule has 5 nitrogen and oxygen atoms in total. The summed E-state index contributed by atoms with van der Waals surface area (Å²) in [4.78, 5) is 17.0. The summed E-state index contributed by atoms with van der Waals surface area (Å²) in [6.45, 7) is 13.3. The van der Waals surface area contributed by atoms with Crippen molar-refractivity contribution in [3.63, 3.8) is 0 Å². The zero-order chi connectivity index (χ0) is 24.2. The third-order valence-electron chi connectivity index (χ3n) is 5.01. The molecule has 1 aromatic carbocycles. The molecular formula is C23H32F3N3O2S. The molecule has 1 N–H and O–H groups in total. The highest BCUT2D eigenvalue weighted by molar-refractivity contribution is 7.32. The molecule has 0 saturated carbocycles. The lowest BCUT2D eigenvalue weighted by Gasteiger charge is -2.30. The van der Waals surface area contributed by atoms with Crippen molar-refractivity contribution in [2.24, 2.45) is 11.8 Å². The van der Waals surface area contributed by atoms with E-state index in [0.717, 1.165) is 24.3 Å². The van der Waals surface area contributed by atoms with Gasteiger partial charge in [-0.15, -0.1) is 0 Å². The van der Waals surface area contributed by atoms with Gasteiger partial charge in [-0.1, -0.05) is 40.7 Å². The summed E-state index contributed by atoms with van der Waals surface area (Å²) in [5.41, 5.74) is 2.77. The minimum Gasteiger partial charge on any atom is -0.550 e. The first kappa shape index (κ1) is 26.0. The Balaban J connectivity index is 2.54. The van der Waals surface area contributed by atoms with Crippen LogP contribution in [0.2, 0.25) is 0 Å². The Labute approximate surface area is 190 Å². The molecule has 2 rings (SSSR count). The number of nitrogens with one attached hydrogen (secondary N) is 1. The molecule has 2 atom stereocenters. The molecule has 0 amide bonds. The molecule has 0 fully saturated rings. The second-order valence-corrected chi connectivity index (χ2v) is 10.7. The number of carbonyl (C=O) groups excluding carboxylic acids is 1. The van der Waals surface area contributed by atoms with Crippen molar-refractivity contribution in [3.8, 4) is 0 Å². The second kappa shape index (κ2) is 10.6. The quantitative estimate of drug-likeness (QED) is 0.470. The van der Waals surface area contributed by atoms with Gasteiger partial charge in [0.25, 0.3) is 5.51 Å². The van der Waals surface area contributed by atoms with Crippen LogP contribution in [-0.4, -0.2) is 24.0 Å². The third kappa shape index (κ3) is 6.85. The van der Waals surface area contributed by atoms with Crippen LogP contribution in [0.25, 0.3) is 0 Å². The van der Waals surface area contributed by atoms with Crippen LogP contribution in [0.4, 0.5) is 24.5 Å². The highest BCUT2D eigenvalue weighted by atomic mass is 32.2. The van der Waals surface area contributed by atoms with Crippen LogP contribution < -0.4 is 14.7 Å². The van der Waals surface area contributed by atoms with E-state index in [1.807, 2.05) is 18.2 Å². The Morgan fingerprint density at radius 3 is 2.22 bits per heavy atom. The number of hydrogen-bond donors (Lipinski definition) is 1. The van der Waals surface area contributed by atoms with E-state index in [9.17, 15) is 23.1 Å². The fraction of sp³-hybridized carbons (Fsp3) is 0.565. The number of carbonyl (C=O) groups is 1. The summed E-state index contributed by atoms with van der Waals surface area (Å²) < 4.78 is 43.0. The molecule has 0 aliphatic heterocycles. The molecule has 2 aromatic rings. The molecule has 1 heterocycles. The summed E-state index contributed by atoms with van der Waals surface area (Å²) in [6, 6.07) is 5.66. The van der Waals surface area contributed by atoms with Gasteiger partial charge in [-0.25, -0.2) is 0 Å². The van der Waals surface area contributed by atoms with Crippen molar-refractivity contribution in [2.45, 2.75) is 60.1 Å². The molecule has 0 radical (unpaired) electrons. The van der Waals surface area contributed by atoms with Gasteiger partial charge in [0.05, 0.1) is 5.69 Å². The molecule has 1 aromatic heterocycles. The van der Waals surface area contributed by atoms with Crippen molar-refractivity contribution < 1.29 is 23.1 Å². The number of carboxylic acids is 1. The fourth-order valence-corrected chi connectivity index (χ4v) is 4.96. The van der Waals surface area contributed by atoms with Crippen LogP contribution in [0.3, 0.4) is 0 Å². The first-order valence-corrected chi connectivity index (χ1v) is 12.0. The average Bonchev–Trinajstić information content (AvgIpc) is 3.00. The number of nitrogens with zero attached hydrogens (tertiary/aromatic N) is 2. The van der Waals surface area contributed by atoms with Crippen LogP contribution in [0.1, 0.15) is 63.1 Å². The van der Waals surface area contributed by atoms with E-state index in [4.69, 9.17) is 0 Å². The molecular weight excluding hydrogens is 439 g/mol. The summed E-state index contributed by atoms with van der Waals surface area (Å²) in [5, 5.41) is 11.1. The minimum absolute atomic E-state index is 0.134. The van der Waals surface area contributed by atoms with E-state index in [0.29, 0.717) is 17.5 Å². The van der Waals surface area contributed by atoms with Crippen molar-refractivity contribution in [3.05, 3.63) is 39.8 Å². The topological polar surface area (TPSA) is 68.3 Å². The summed E-state index contributed by atoms with van der Waals surface area (Å²) in [6.07, 6.45) is -4.64. The number of thiazole rings is 1. The number of hydrogen-bond acceptors (Lipinski definition) is 5. The van der Waals surface area contributed by atoms with Gasteiger partial charge >= 0.3 is 6.18 Å². The monoisotopic (exact) mass is 471 g/mol. The van der Waals surface area contributed by atoms with E-state index < -0.39 is 28.5 Å². The third-order valence-corrected chi connectivity index (χ3v) is 6.62. The molecule has 0 saturated heterocycles. The van der Waals surface area contributed by atoms with Crippen LogP contribution >= 0.6 is 10.7 Å². The van der Waals surface area contributed by atoms with Crippen LogP contribution in [0.15, 0.2) is 23.7 Å². The van der Waals surface area contributed by atoms with Crippen molar-refractivity contribution in [1.82, 2.24) is 4.98 Å². The minimum atomic E-state index is -4.50. The highest BCUT2D eigenvalue weighted by Gasteiger charge is 2.40. The number of carboxylic acid groups (broad SMARTS) is 1. The van der Waals surface area contributed by atoms with Crippen LogP contribution in [-0.2, 0) is 11.0 Å². The van der Waals surface area contributed by atoms with Crippen molar-refractivity contribution in [2.75, 3.05) is 22.7 Å². The Hall–Kier alpha value is -2.29. The lowest BCUT2D eigenvalue weighted by molar-refractivity contribution is -0.306. The molecule has 0 aliphatic carbocycles. The maximum absolute atomic E-state index is 13.2. The Morgan fingerprint density at radius 2 is 1.75 bits per heavy atom. The summed E-state index contributed by atoms with van der Waals surface area (Å²) >= 11 is 0. The normalized spacial score (nSPS) is 13.5. The predicted molar refractivity (Wildman–Crippen MR) is 122 cm³/mol. The molecule has 0 spiro atoms. The van der Waals surface area contributed by atoms with Gasteiger partial charge in [-0.2, -0.15) is 22.9 Å². The number of alkyl halides is 3. The first-order chi connectivity index (χ1) is 14.8. The standard InChI is InChI=1S/C23H32F3N3O2S/c1-14(2)11-29(12-15(3)4)20-8-7-18(16(5)9-21(30)31)10-19(20)28-32-13-27-22(17(32)6)23(24,25)26/h7-8,10,13-16,28H,9,11-12H2,1-6H3. The summed E-state index contributed by atoms with van der Waals surface area (Å²) in [7, 11) is -1.02. The molecule has 178 valence electrons. The fourth-order valence-electron chi connectivity index (χ4n) is 3.61. The van der Waals surface area contributed by atoms with Crippen LogP contribution in [0.5, 0.6) is 0 Å². The number of aliphatic carboxylic acids is 1. The SMILES string of the molecule is Cc1c(C(F)(F)F)nc[s+]1Nc1cc(C(C)CC(=O)[O-])ccc1N(CC(C)C)CC(C)C. The maximum atomic E-state index is 13.2. The van der Waals surface area contributed by atoms with E-state index in [2.05, 4.69) is 42.3 Å².